The second-order valence-electron chi connectivity index (χ2n) is 3.87. The van der Waals surface area contributed by atoms with Gasteiger partial charge < -0.3 is 15.5 Å². The van der Waals surface area contributed by atoms with Gasteiger partial charge in [-0.3, -0.25) is 4.79 Å². The van der Waals surface area contributed by atoms with Crippen LogP contribution in [-0.4, -0.2) is 5.91 Å². The fraction of sp³-hybridized carbons (Fsp3) is 0. The quantitative estimate of drug-likeness (QED) is 0.693. The fourth-order valence-corrected chi connectivity index (χ4v) is 2.29. The standard InChI is InChI=1S/C13H10N2O2S/c14-9-1-2-11-8(5-9)6-12(17-11)13(16)15-10-3-4-18-7-10/h1-7H,14H2,(H,15,16). The van der Waals surface area contributed by atoms with Crippen LogP contribution < -0.4 is 11.1 Å². The van der Waals surface area contributed by atoms with Crippen molar-refractivity contribution in [1.82, 2.24) is 0 Å². The molecule has 0 aliphatic rings. The zero-order chi connectivity index (χ0) is 12.5. The summed E-state index contributed by atoms with van der Waals surface area (Å²) < 4.78 is 5.47. The number of fused-ring (bicyclic) bond motifs is 1. The Morgan fingerprint density at radius 1 is 1.28 bits per heavy atom. The Labute approximate surface area is 107 Å². The minimum absolute atomic E-state index is 0.261. The first-order valence-corrected chi connectivity index (χ1v) is 6.29. The lowest BCUT2D eigenvalue weighted by Crippen LogP contribution is -2.09. The maximum absolute atomic E-state index is 11.9. The minimum atomic E-state index is -0.261. The molecule has 0 spiro atoms. The highest BCUT2D eigenvalue weighted by Gasteiger charge is 2.12. The molecule has 18 heavy (non-hydrogen) atoms. The molecule has 2 heterocycles. The summed E-state index contributed by atoms with van der Waals surface area (Å²) in [5.41, 5.74) is 7.75. The van der Waals surface area contributed by atoms with Crippen LogP contribution in [0.1, 0.15) is 10.6 Å². The lowest BCUT2D eigenvalue weighted by molar-refractivity contribution is 0.0999. The van der Waals surface area contributed by atoms with E-state index in [9.17, 15) is 4.79 Å². The van der Waals surface area contributed by atoms with Crippen LogP contribution in [0.3, 0.4) is 0 Å². The molecule has 0 aliphatic heterocycles. The van der Waals surface area contributed by atoms with Gasteiger partial charge in [0, 0.05) is 16.5 Å². The summed E-state index contributed by atoms with van der Waals surface area (Å²) >= 11 is 1.52. The predicted molar refractivity (Wildman–Crippen MR) is 72.9 cm³/mol. The molecule has 90 valence electrons. The summed E-state index contributed by atoms with van der Waals surface area (Å²) in [6.45, 7) is 0. The third-order valence-electron chi connectivity index (χ3n) is 2.54. The van der Waals surface area contributed by atoms with Gasteiger partial charge in [-0.2, -0.15) is 11.3 Å². The van der Waals surface area contributed by atoms with Crippen molar-refractivity contribution in [3.05, 3.63) is 46.9 Å². The molecule has 3 aromatic rings. The van der Waals surface area contributed by atoms with E-state index in [2.05, 4.69) is 5.32 Å². The lowest BCUT2D eigenvalue weighted by Gasteiger charge is -1.97. The van der Waals surface area contributed by atoms with E-state index in [1.807, 2.05) is 16.8 Å². The van der Waals surface area contributed by atoms with Gasteiger partial charge in [0.15, 0.2) is 5.76 Å². The normalized spacial score (nSPS) is 10.7. The van der Waals surface area contributed by atoms with E-state index in [1.165, 1.54) is 11.3 Å². The van der Waals surface area contributed by atoms with Crippen LogP contribution in [0.2, 0.25) is 0 Å². The highest BCUT2D eigenvalue weighted by Crippen LogP contribution is 2.22. The number of carbonyl (C=O) groups excluding carboxylic acids is 1. The Hall–Kier alpha value is -2.27. The molecule has 4 nitrogen and oxygen atoms in total. The van der Waals surface area contributed by atoms with Gasteiger partial charge in [0.05, 0.1) is 5.69 Å². The second-order valence-corrected chi connectivity index (χ2v) is 4.65. The van der Waals surface area contributed by atoms with Gasteiger partial charge in [-0.25, -0.2) is 0 Å². The molecular formula is C13H10N2O2S. The highest BCUT2D eigenvalue weighted by atomic mass is 32.1. The summed E-state index contributed by atoms with van der Waals surface area (Å²) in [4.78, 5) is 11.9. The molecule has 0 aliphatic carbocycles. The second kappa shape index (κ2) is 4.19. The minimum Gasteiger partial charge on any atom is -0.451 e. The molecule has 0 saturated heterocycles. The predicted octanol–water partition coefficient (Wildman–Crippen LogP) is 3.33. The summed E-state index contributed by atoms with van der Waals surface area (Å²) in [5.74, 6) is 0.0185. The number of rotatable bonds is 2. The van der Waals surface area contributed by atoms with Gasteiger partial charge in [0.1, 0.15) is 5.58 Å². The van der Waals surface area contributed by atoms with Crippen LogP contribution in [-0.2, 0) is 0 Å². The van der Waals surface area contributed by atoms with Crippen molar-refractivity contribution in [2.75, 3.05) is 11.1 Å². The molecule has 3 N–H and O–H groups in total. The van der Waals surface area contributed by atoms with E-state index in [0.29, 0.717) is 11.3 Å². The SMILES string of the molecule is Nc1ccc2oc(C(=O)Nc3ccsc3)cc2c1. The van der Waals surface area contributed by atoms with E-state index in [-0.39, 0.29) is 11.7 Å². The number of nitrogens with one attached hydrogen (secondary N) is 1. The van der Waals surface area contributed by atoms with Gasteiger partial charge in [-0.1, -0.05) is 0 Å². The smallest absolute Gasteiger partial charge is 0.291 e. The van der Waals surface area contributed by atoms with Crippen LogP contribution >= 0.6 is 11.3 Å². The van der Waals surface area contributed by atoms with Crippen LogP contribution in [0.4, 0.5) is 11.4 Å². The number of furan rings is 1. The number of hydrogen-bond acceptors (Lipinski definition) is 4. The summed E-state index contributed by atoms with van der Waals surface area (Å²) in [7, 11) is 0. The van der Waals surface area contributed by atoms with E-state index in [4.69, 9.17) is 10.2 Å². The number of nitrogens with two attached hydrogens (primary N) is 1. The molecule has 5 heteroatoms. The van der Waals surface area contributed by atoms with Crippen LogP contribution in [0.15, 0.2) is 45.5 Å². The molecule has 1 amide bonds. The third-order valence-corrected chi connectivity index (χ3v) is 3.23. The zero-order valence-electron chi connectivity index (χ0n) is 9.34. The molecule has 0 atom stereocenters. The van der Waals surface area contributed by atoms with Crippen molar-refractivity contribution in [3.8, 4) is 0 Å². The topological polar surface area (TPSA) is 68.3 Å². The van der Waals surface area contributed by atoms with Crippen LogP contribution in [0.5, 0.6) is 0 Å². The Morgan fingerprint density at radius 3 is 2.94 bits per heavy atom. The molecule has 0 fully saturated rings. The van der Waals surface area contributed by atoms with Gasteiger partial charge in [0.25, 0.3) is 5.91 Å². The number of carbonyl (C=O) groups is 1. The first kappa shape index (κ1) is 10.9. The number of thiophene rings is 1. The maximum atomic E-state index is 11.9. The molecule has 1 aromatic carbocycles. The first-order chi connectivity index (χ1) is 8.72. The van der Waals surface area contributed by atoms with Crippen molar-refractivity contribution in [3.63, 3.8) is 0 Å². The molecule has 3 rings (SSSR count). The Kier molecular flexibility index (Phi) is 2.53. The Bertz CT molecular complexity index is 701. The average molecular weight is 258 g/mol. The third kappa shape index (κ3) is 1.96. The first-order valence-electron chi connectivity index (χ1n) is 5.35. The average Bonchev–Trinajstić information content (AvgIpc) is 2.96. The number of hydrogen-bond donors (Lipinski definition) is 2. The summed E-state index contributed by atoms with van der Waals surface area (Å²) in [5, 5.41) is 7.34. The van der Waals surface area contributed by atoms with Crippen molar-refractivity contribution in [2.24, 2.45) is 0 Å². The van der Waals surface area contributed by atoms with Gasteiger partial charge in [-0.15, -0.1) is 0 Å². The number of anilines is 2. The van der Waals surface area contributed by atoms with Crippen molar-refractivity contribution in [2.45, 2.75) is 0 Å². The molecule has 0 bridgehead atoms. The molecule has 2 aromatic heterocycles. The van der Waals surface area contributed by atoms with E-state index in [0.717, 1.165) is 11.1 Å². The lowest BCUT2D eigenvalue weighted by atomic mass is 10.2. The molecule has 0 saturated carbocycles. The maximum Gasteiger partial charge on any atom is 0.291 e. The van der Waals surface area contributed by atoms with Gasteiger partial charge in [0.2, 0.25) is 0 Å². The highest BCUT2D eigenvalue weighted by molar-refractivity contribution is 7.08. The van der Waals surface area contributed by atoms with E-state index < -0.39 is 0 Å². The Morgan fingerprint density at radius 2 is 2.17 bits per heavy atom. The van der Waals surface area contributed by atoms with Gasteiger partial charge in [-0.05, 0) is 35.7 Å². The monoisotopic (exact) mass is 258 g/mol. The van der Waals surface area contributed by atoms with Crippen LogP contribution in [0, 0.1) is 0 Å². The van der Waals surface area contributed by atoms with Crippen molar-refractivity contribution in [1.29, 1.82) is 0 Å². The zero-order valence-corrected chi connectivity index (χ0v) is 10.2. The van der Waals surface area contributed by atoms with Crippen LogP contribution in [0.25, 0.3) is 11.0 Å². The molecule has 0 unspecified atom stereocenters. The summed E-state index contributed by atoms with van der Waals surface area (Å²) in [6.07, 6.45) is 0. The summed E-state index contributed by atoms with van der Waals surface area (Å²) in [6, 6.07) is 8.80. The number of amides is 1. The molecule has 0 radical (unpaired) electrons. The number of nitrogen functional groups attached to an aromatic ring is 1. The number of benzene rings is 1. The van der Waals surface area contributed by atoms with E-state index in [1.54, 1.807) is 24.3 Å². The van der Waals surface area contributed by atoms with Crippen molar-refractivity contribution < 1.29 is 9.21 Å². The van der Waals surface area contributed by atoms with Crippen molar-refractivity contribution >= 4 is 39.6 Å². The fourth-order valence-electron chi connectivity index (χ4n) is 1.70. The molecular weight excluding hydrogens is 248 g/mol. The largest absolute Gasteiger partial charge is 0.451 e. The van der Waals surface area contributed by atoms with E-state index >= 15 is 0 Å². The Balaban J connectivity index is 1.92. The van der Waals surface area contributed by atoms with Gasteiger partial charge >= 0.3 is 0 Å².